The first kappa shape index (κ1) is 12.6. The van der Waals surface area contributed by atoms with Crippen molar-refractivity contribution in [1.82, 2.24) is 9.55 Å². The van der Waals surface area contributed by atoms with Crippen molar-refractivity contribution in [2.75, 3.05) is 12.3 Å². The Bertz CT molecular complexity index is 561. The van der Waals surface area contributed by atoms with Crippen LogP contribution in [0.15, 0.2) is 11.0 Å². The SMILES string of the molecule is C#CC1(CO)CCC(n2cc(C)c(N)nc2=O)O1. The average molecular weight is 249 g/mol. The van der Waals surface area contributed by atoms with E-state index in [4.69, 9.17) is 16.9 Å². The predicted octanol–water partition coefficient (Wildman–Crippen LogP) is -0.193. The molecule has 0 saturated carbocycles. The Morgan fingerprint density at radius 2 is 2.56 bits per heavy atom. The fraction of sp³-hybridized carbons (Fsp3) is 0.500. The van der Waals surface area contributed by atoms with E-state index in [9.17, 15) is 9.90 Å². The van der Waals surface area contributed by atoms with Crippen molar-refractivity contribution in [3.05, 3.63) is 22.2 Å². The van der Waals surface area contributed by atoms with Gasteiger partial charge in [-0.1, -0.05) is 5.92 Å². The summed E-state index contributed by atoms with van der Waals surface area (Å²) in [6, 6.07) is 0. The van der Waals surface area contributed by atoms with Gasteiger partial charge in [-0.05, 0) is 19.8 Å². The van der Waals surface area contributed by atoms with Crippen LogP contribution in [0.1, 0.15) is 24.6 Å². The fourth-order valence-electron chi connectivity index (χ4n) is 1.98. The number of aryl methyl sites for hydroxylation is 1. The largest absolute Gasteiger partial charge is 0.392 e. The normalized spacial score (nSPS) is 27.1. The number of ether oxygens (including phenoxy) is 1. The first-order chi connectivity index (χ1) is 8.51. The molecule has 1 saturated heterocycles. The molecule has 6 heteroatoms. The molecular weight excluding hydrogens is 234 g/mol. The molecule has 1 aliphatic rings. The summed E-state index contributed by atoms with van der Waals surface area (Å²) >= 11 is 0. The molecule has 0 bridgehead atoms. The summed E-state index contributed by atoms with van der Waals surface area (Å²) < 4.78 is 6.97. The monoisotopic (exact) mass is 249 g/mol. The lowest BCUT2D eigenvalue weighted by Gasteiger charge is -2.21. The van der Waals surface area contributed by atoms with Crippen molar-refractivity contribution in [2.45, 2.75) is 31.6 Å². The maximum Gasteiger partial charge on any atom is 0.351 e. The minimum Gasteiger partial charge on any atom is -0.392 e. The molecule has 0 aromatic carbocycles. The number of hydrogen-bond acceptors (Lipinski definition) is 5. The van der Waals surface area contributed by atoms with Crippen LogP contribution < -0.4 is 11.4 Å². The van der Waals surface area contributed by atoms with E-state index >= 15 is 0 Å². The van der Waals surface area contributed by atoms with Gasteiger partial charge in [0, 0.05) is 11.8 Å². The van der Waals surface area contributed by atoms with Crippen molar-refractivity contribution in [3.8, 4) is 12.3 Å². The molecule has 2 rings (SSSR count). The Balaban J connectivity index is 2.33. The number of nitrogens with zero attached hydrogens (tertiary/aromatic N) is 2. The number of rotatable bonds is 2. The highest BCUT2D eigenvalue weighted by Gasteiger charge is 2.39. The molecule has 18 heavy (non-hydrogen) atoms. The van der Waals surface area contributed by atoms with Crippen LogP contribution in [-0.2, 0) is 4.74 Å². The highest BCUT2D eigenvalue weighted by Crippen LogP contribution is 2.35. The molecule has 0 amide bonds. The van der Waals surface area contributed by atoms with Gasteiger partial charge in [0.2, 0.25) is 0 Å². The second-order valence-electron chi connectivity index (χ2n) is 4.41. The third-order valence-corrected chi connectivity index (χ3v) is 3.16. The first-order valence-corrected chi connectivity index (χ1v) is 5.63. The van der Waals surface area contributed by atoms with Gasteiger partial charge < -0.3 is 15.6 Å². The van der Waals surface area contributed by atoms with Gasteiger partial charge in [0.05, 0.1) is 6.61 Å². The van der Waals surface area contributed by atoms with Crippen LogP contribution >= 0.6 is 0 Å². The Morgan fingerprint density at radius 3 is 3.11 bits per heavy atom. The third kappa shape index (κ3) is 1.98. The molecule has 2 unspecified atom stereocenters. The number of nitrogens with two attached hydrogens (primary N) is 1. The first-order valence-electron chi connectivity index (χ1n) is 5.63. The molecule has 0 spiro atoms. The summed E-state index contributed by atoms with van der Waals surface area (Å²) in [6.07, 6.45) is 7.50. The average Bonchev–Trinajstić information content (AvgIpc) is 2.79. The van der Waals surface area contributed by atoms with Gasteiger partial charge in [-0.15, -0.1) is 6.42 Å². The summed E-state index contributed by atoms with van der Waals surface area (Å²) in [5.41, 5.74) is 4.77. The van der Waals surface area contributed by atoms with Crippen LogP contribution in [0.5, 0.6) is 0 Å². The van der Waals surface area contributed by atoms with Crippen molar-refractivity contribution < 1.29 is 9.84 Å². The molecular formula is C12H15N3O3. The number of terminal acetylenes is 1. The van der Waals surface area contributed by atoms with Crippen molar-refractivity contribution in [1.29, 1.82) is 0 Å². The van der Waals surface area contributed by atoms with Crippen molar-refractivity contribution >= 4 is 5.82 Å². The summed E-state index contributed by atoms with van der Waals surface area (Å²) in [4.78, 5) is 15.5. The number of aliphatic hydroxyl groups excluding tert-OH is 1. The molecule has 2 heterocycles. The molecule has 1 aromatic rings. The van der Waals surface area contributed by atoms with E-state index in [1.165, 1.54) is 4.57 Å². The van der Waals surface area contributed by atoms with Crippen molar-refractivity contribution in [2.24, 2.45) is 0 Å². The minimum atomic E-state index is -1.00. The van der Waals surface area contributed by atoms with E-state index in [-0.39, 0.29) is 12.4 Å². The van der Waals surface area contributed by atoms with Crippen molar-refractivity contribution in [3.63, 3.8) is 0 Å². The molecule has 6 nitrogen and oxygen atoms in total. The number of aliphatic hydroxyl groups is 1. The third-order valence-electron chi connectivity index (χ3n) is 3.16. The van der Waals surface area contributed by atoms with Crippen LogP contribution in [0.25, 0.3) is 0 Å². The predicted molar refractivity (Wildman–Crippen MR) is 65.7 cm³/mol. The summed E-state index contributed by atoms with van der Waals surface area (Å²) in [5.74, 6) is 2.65. The molecule has 3 N–H and O–H groups in total. The Morgan fingerprint density at radius 1 is 1.83 bits per heavy atom. The van der Waals surface area contributed by atoms with Gasteiger partial charge >= 0.3 is 5.69 Å². The van der Waals surface area contributed by atoms with Gasteiger partial charge in [-0.2, -0.15) is 4.98 Å². The van der Waals surface area contributed by atoms with Crippen LogP contribution in [0.2, 0.25) is 0 Å². The highest BCUT2D eigenvalue weighted by atomic mass is 16.5. The van der Waals surface area contributed by atoms with E-state index in [1.807, 2.05) is 0 Å². The maximum absolute atomic E-state index is 11.7. The Hall–Kier alpha value is -1.84. The molecule has 96 valence electrons. The number of nitrogen functional groups attached to an aromatic ring is 1. The van der Waals surface area contributed by atoms with Gasteiger partial charge in [-0.25, -0.2) is 4.79 Å². The van der Waals surface area contributed by atoms with Gasteiger partial charge in [0.1, 0.15) is 12.0 Å². The lowest BCUT2D eigenvalue weighted by atomic mass is 10.0. The molecule has 0 radical (unpaired) electrons. The quantitative estimate of drug-likeness (QED) is 0.709. The molecule has 1 aromatic heterocycles. The van der Waals surface area contributed by atoms with E-state index in [2.05, 4.69) is 10.9 Å². The second-order valence-corrected chi connectivity index (χ2v) is 4.41. The van der Waals surface area contributed by atoms with E-state index in [0.29, 0.717) is 18.4 Å². The van der Waals surface area contributed by atoms with Crippen LogP contribution in [-0.4, -0.2) is 26.9 Å². The Kier molecular flexibility index (Phi) is 3.11. The molecule has 0 aliphatic carbocycles. The summed E-state index contributed by atoms with van der Waals surface area (Å²) in [5, 5.41) is 9.26. The van der Waals surface area contributed by atoms with Gasteiger partial charge in [-0.3, -0.25) is 4.57 Å². The summed E-state index contributed by atoms with van der Waals surface area (Å²) in [6.45, 7) is 1.49. The standard InChI is InChI=1S/C12H15N3O3/c1-3-12(7-16)5-4-9(18-12)15-6-8(2)10(13)14-11(15)17/h1,6,9,16H,4-5,7H2,2H3,(H2,13,14,17). The number of anilines is 1. The van der Waals surface area contributed by atoms with Crippen LogP contribution in [0.3, 0.4) is 0 Å². The zero-order chi connectivity index (χ0) is 13.3. The number of hydrogen-bond donors (Lipinski definition) is 2. The maximum atomic E-state index is 11.7. The zero-order valence-electron chi connectivity index (χ0n) is 10.1. The van der Waals surface area contributed by atoms with Crippen LogP contribution in [0, 0.1) is 19.3 Å². The van der Waals surface area contributed by atoms with E-state index < -0.39 is 17.5 Å². The van der Waals surface area contributed by atoms with Gasteiger partial charge in [0.15, 0.2) is 5.60 Å². The lowest BCUT2D eigenvalue weighted by Crippen LogP contribution is -2.33. The Labute approximate surface area is 104 Å². The fourth-order valence-corrected chi connectivity index (χ4v) is 1.98. The zero-order valence-corrected chi connectivity index (χ0v) is 10.1. The molecule has 1 fully saturated rings. The lowest BCUT2D eigenvalue weighted by molar-refractivity contribution is -0.0649. The van der Waals surface area contributed by atoms with E-state index in [1.54, 1.807) is 13.1 Å². The highest BCUT2D eigenvalue weighted by molar-refractivity contribution is 5.35. The second kappa shape index (κ2) is 4.44. The smallest absolute Gasteiger partial charge is 0.351 e. The van der Waals surface area contributed by atoms with Gasteiger partial charge in [0.25, 0.3) is 0 Å². The van der Waals surface area contributed by atoms with Crippen LogP contribution in [0.4, 0.5) is 5.82 Å². The molecule has 2 atom stereocenters. The summed E-state index contributed by atoms with van der Waals surface area (Å²) in [7, 11) is 0. The van der Waals surface area contributed by atoms with E-state index in [0.717, 1.165) is 0 Å². The minimum absolute atomic E-state index is 0.208. The molecule has 1 aliphatic heterocycles. The number of aromatic nitrogens is 2. The topological polar surface area (TPSA) is 90.4 Å².